The Bertz CT molecular complexity index is 627. The molecule has 4 rings (SSSR count). The minimum Gasteiger partial charge on any atom is -0.469 e. The normalized spacial score (nSPS) is 46.3. The van der Waals surface area contributed by atoms with Crippen molar-refractivity contribution in [1.29, 1.82) is 0 Å². The first-order valence-corrected chi connectivity index (χ1v) is 11.9. The number of carbonyl (C=O) groups excluding carboxylic acids is 2. The molecular formula is C25H40O3. The number of methoxy groups -OCH3 is 1. The van der Waals surface area contributed by atoms with Gasteiger partial charge in [-0.25, -0.2) is 0 Å². The van der Waals surface area contributed by atoms with Crippen LogP contribution in [0.4, 0.5) is 0 Å². The highest BCUT2D eigenvalue weighted by atomic mass is 16.5. The third kappa shape index (κ3) is 3.06. The first-order chi connectivity index (χ1) is 13.3. The molecule has 3 heteroatoms. The number of hydrogen-bond acceptors (Lipinski definition) is 3. The van der Waals surface area contributed by atoms with E-state index in [4.69, 9.17) is 4.74 Å². The van der Waals surface area contributed by atoms with E-state index in [1.54, 1.807) is 0 Å². The molecule has 8 atom stereocenters. The fourth-order valence-electron chi connectivity index (χ4n) is 8.59. The summed E-state index contributed by atoms with van der Waals surface area (Å²) in [5, 5.41) is 0. The lowest BCUT2D eigenvalue weighted by atomic mass is 9.44. The maximum atomic E-state index is 13.4. The van der Waals surface area contributed by atoms with Crippen LogP contribution in [0.25, 0.3) is 0 Å². The molecule has 0 aromatic heterocycles. The van der Waals surface area contributed by atoms with E-state index >= 15 is 0 Å². The van der Waals surface area contributed by atoms with E-state index < -0.39 is 0 Å². The predicted octanol–water partition coefficient (Wildman–Crippen LogP) is 5.80. The van der Waals surface area contributed by atoms with Crippen LogP contribution < -0.4 is 0 Å². The van der Waals surface area contributed by atoms with E-state index in [0.29, 0.717) is 53.1 Å². The van der Waals surface area contributed by atoms with Crippen molar-refractivity contribution >= 4 is 11.8 Å². The van der Waals surface area contributed by atoms with Crippen molar-refractivity contribution in [3.8, 4) is 0 Å². The molecule has 4 aliphatic carbocycles. The number of carbonyl (C=O) groups is 2. The van der Waals surface area contributed by atoms with Gasteiger partial charge >= 0.3 is 5.97 Å². The molecule has 4 saturated carbocycles. The maximum absolute atomic E-state index is 13.4. The Balaban J connectivity index is 1.54. The van der Waals surface area contributed by atoms with Gasteiger partial charge in [-0.1, -0.05) is 33.6 Å². The van der Waals surface area contributed by atoms with Crippen molar-refractivity contribution in [2.24, 2.45) is 46.3 Å². The van der Waals surface area contributed by atoms with Gasteiger partial charge in [0.15, 0.2) is 0 Å². The number of ether oxygens (including phenoxy) is 1. The van der Waals surface area contributed by atoms with Crippen molar-refractivity contribution < 1.29 is 14.3 Å². The smallest absolute Gasteiger partial charge is 0.305 e. The predicted molar refractivity (Wildman–Crippen MR) is 111 cm³/mol. The highest BCUT2D eigenvalue weighted by molar-refractivity contribution is 5.83. The third-order valence-electron chi connectivity index (χ3n) is 10.2. The number of Topliss-reactive ketones (excluding diaryl/α,β-unsaturated/α-hetero) is 1. The monoisotopic (exact) mass is 388 g/mol. The minimum absolute atomic E-state index is 0.0889. The third-order valence-corrected chi connectivity index (χ3v) is 10.2. The zero-order valence-electron chi connectivity index (χ0n) is 18.5. The molecule has 0 aromatic rings. The Morgan fingerprint density at radius 1 is 1.07 bits per heavy atom. The Labute approximate surface area is 171 Å². The number of hydrogen-bond donors (Lipinski definition) is 0. The lowest BCUT2D eigenvalue weighted by Gasteiger charge is -2.60. The second-order valence-corrected chi connectivity index (χ2v) is 11.2. The van der Waals surface area contributed by atoms with E-state index in [2.05, 4.69) is 20.8 Å². The van der Waals surface area contributed by atoms with E-state index in [1.165, 1.54) is 58.5 Å². The van der Waals surface area contributed by atoms with Gasteiger partial charge in [0.1, 0.15) is 5.78 Å². The van der Waals surface area contributed by atoms with Gasteiger partial charge in [0.2, 0.25) is 0 Å². The van der Waals surface area contributed by atoms with Gasteiger partial charge in [0, 0.05) is 18.8 Å². The van der Waals surface area contributed by atoms with Crippen molar-refractivity contribution in [3.05, 3.63) is 0 Å². The van der Waals surface area contributed by atoms with Crippen LogP contribution in [-0.4, -0.2) is 18.9 Å². The molecule has 0 bridgehead atoms. The Kier molecular flexibility index (Phi) is 5.42. The van der Waals surface area contributed by atoms with Crippen LogP contribution in [-0.2, 0) is 14.3 Å². The van der Waals surface area contributed by atoms with Crippen LogP contribution in [0, 0.1) is 46.3 Å². The minimum atomic E-state index is -0.0889. The van der Waals surface area contributed by atoms with E-state index in [0.717, 1.165) is 12.8 Å². The summed E-state index contributed by atoms with van der Waals surface area (Å²) in [6.07, 6.45) is 12.6. The van der Waals surface area contributed by atoms with Gasteiger partial charge in [-0.3, -0.25) is 9.59 Å². The lowest BCUT2D eigenvalue weighted by Crippen LogP contribution is -2.56. The standard InChI is InChI=1S/C25H40O3/c1-16(8-11-22(27)28-4)18-9-10-19-23-20(12-14-25(18,19)3)24(2)13-6-5-7-17(24)15-21(23)26/h16-20,23H,5-15H2,1-4H3/t16-,17?,18-,19+,20+,23+,24+,25-/m1/s1. The molecule has 0 aromatic carbocycles. The first kappa shape index (κ1) is 20.4. The van der Waals surface area contributed by atoms with Crippen LogP contribution in [0.2, 0.25) is 0 Å². The van der Waals surface area contributed by atoms with Crippen molar-refractivity contribution in [1.82, 2.24) is 0 Å². The first-order valence-electron chi connectivity index (χ1n) is 11.9. The second kappa shape index (κ2) is 7.43. The van der Waals surface area contributed by atoms with Crippen molar-refractivity contribution in [2.45, 2.75) is 91.4 Å². The van der Waals surface area contributed by atoms with Gasteiger partial charge < -0.3 is 4.74 Å². The Morgan fingerprint density at radius 3 is 2.57 bits per heavy atom. The number of rotatable bonds is 4. The molecule has 4 aliphatic rings. The van der Waals surface area contributed by atoms with Crippen LogP contribution in [0.15, 0.2) is 0 Å². The summed E-state index contributed by atoms with van der Waals surface area (Å²) in [6.45, 7) is 7.35. The van der Waals surface area contributed by atoms with Crippen LogP contribution >= 0.6 is 0 Å². The van der Waals surface area contributed by atoms with E-state index in [1.807, 2.05) is 0 Å². The van der Waals surface area contributed by atoms with Gasteiger partial charge in [-0.05, 0) is 85.4 Å². The average Bonchev–Trinajstić information content (AvgIpc) is 3.03. The SMILES string of the molecule is COC(=O)CC[C@@H](C)[C@H]1CC[C@H]2[C@@H]3C(=O)CC4CCCC[C@]4(C)[C@H]3CC[C@]12C. The lowest BCUT2D eigenvalue weighted by molar-refractivity contribution is -0.156. The molecule has 0 heterocycles. The summed E-state index contributed by atoms with van der Waals surface area (Å²) < 4.78 is 4.86. The topological polar surface area (TPSA) is 43.4 Å². The maximum Gasteiger partial charge on any atom is 0.305 e. The van der Waals surface area contributed by atoms with Gasteiger partial charge in [-0.15, -0.1) is 0 Å². The molecule has 4 fully saturated rings. The Hall–Kier alpha value is -0.860. The molecule has 0 saturated heterocycles. The van der Waals surface area contributed by atoms with Crippen LogP contribution in [0.1, 0.15) is 91.4 Å². The van der Waals surface area contributed by atoms with Crippen molar-refractivity contribution in [2.75, 3.05) is 7.11 Å². The Morgan fingerprint density at radius 2 is 1.82 bits per heavy atom. The quantitative estimate of drug-likeness (QED) is 0.571. The van der Waals surface area contributed by atoms with Gasteiger partial charge in [0.25, 0.3) is 0 Å². The van der Waals surface area contributed by atoms with Crippen LogP contribution in [0.3, 0.4) is 0 Å². The van der Waals surface area contributed by atoms with Crippen molar-refractivity contribution in [3.63, 3.8) is 0 Å². The number of fused-ring (bicyclic) bond motifs is 5. The van der Waals surface area contributed by atoms with E-state index in [9.17, 15) is 9.59 Å². The van der Waals surface area contributed by atoms with E-state index in [-0.39, 0.29) is 11.4 Å². The fraction of sp³-hybridized carbons (Fsp3) is 0.920. The molecule has 1 unspecified atom stereocenters. The van der Waals surface area contributed by atoms with Gasteiger partial charge in [-0.2, -0.15) is 0 Å². The summed E-state index contributed by atoms with van der Waals surface area (Å²) >= 11 is 0. The largest absolute Gasteiger partial charge is 0.469 e. The summed E-state index contributed by atoms with van der Waals surface area (Å²) in [5.74, 6) is 3.86. The number of ketones is 1. The summed E-state index contributed by atoms with van der Waals surface area (Å²) in [5.41, 5.74) is 0.691. The molecule has 158 valence electrons. The summed E-state index contributed by atoms with van der Waals surface area (Å²) in [7, 11) is 1.48. The molecule has 0 aliphatic heterocycles. The van der Waals surface area contributed by atoms with Crippen LogP contribution in [0.5, 0.6) is 0 Å². The molecule has 0 N–H and O–H groups in total. The highest BCUT2D eigenvalue weighted by Gasteiger charge is 2.62. The zero-order valence-corrected chi connectivity index (χ0v) is 18.5. The molecule has 3 nitrogen and oxygen atoms in total. The zero-order chi connectivity index (χ0) is 20.1. The highest BCUT2D eigenvalue weighted by Crippen LogP contribution is 2.67. The summed E-state index contributed by atoms with van der Waals surface area (Å²) in [6, 6.07) is 0. The average molecular weight is 389 g/mol. The molecule has 28 heavy (non-hydrogen) atoms. The fourth-order valence-corrected chi connectivity index (χ4v) is 8.59. The summed E-state index contributed by atoms with van der Waals surface area (Å²) in [4.78, 5) is 25.0. The molecule has 0 spiro atoms. The molecular weight excluding hydrogens is 348 g/mol. The second-order valence-electron chi connectivity index (χ2n) is 11.2. The molecule has 0 amide bonds. The van der Waals surface area contributed by atoms with Gasteiger partial charge in [0.05, 0.1) is 7.11 Å². The number of esters is 1. The molecule has 0 radical (unpaired) electrons.